The second-order valence-corrected chi connectivity index (χ2v) is 6.00. The van der Waals surface area contributed by atoms with Crippen molar-refractivity contribution in [3.05, 3.63) is 29.5 Å². The SMILES string of the molecule is CCCCCC(=O)c1[nH]c2cc(OC)ccc2c1CCNC(C)=O. The van der Waals surface area contributed by atoms with Crippen molar-refractivity contribution in [1.82, 2.24) is 10.3 Å². The van der Waals surface area contributed by atoms with Crippen LogP contribution < -0.4 is 10.1 Å². The molecule has 0 fully saturated rings. The molecule has 0 saturated heterocycles. The molecule has 0 bridgehead atoms. The van der Waals surface area contributed by atoms with Gasteiger partial charge in [0.25, 0.3) is 0 Å². The third-order valence-electron chi connectivity index (χ3n) is 4.15. The predicted molar refractivity (Wildman–Crippen MR) is 95.7 cm³/mol. The Morgan fingerprint density at radius 1 is 1.25 bits per heavy atom. The van der Waals surface area contributed by atoms with Crippen molar-refractivity contribution >= 4 is 22.6 Å². The maximum absolute atomic E-state index is 12.6. The lowest BCUT2D eigenvalue weighted by Gasteiger charge is -2.06. The summed E-state index contributed by atoms with van der Waals surface area (Å²) in [4.78, 5) is 27.0. The highest BCUT2D eigenvalue weighted by molar-refractivity contribution is 6.02. The highest BCUT2D eigenvalue weighted by Gasteiger charge is 2.17. The molecule has 0 spiro atoms. The third-order valence-corrected chi connectivity index (χ3v) is 4.15. The Labute approximate surface area is 142 Å². The van der Waals surface area contributed by atoms with E-state index in [1.165, 1.54) is 6.92 Å². The summed E-state index contributed by atoms with van der Waals surface area (Å²) >= 11 is 0. The van der Waals surface area contributed by atoms with Crippen LogP contribution in [-0.2, 0) is 11.2 Å². The largest absolute Gasteiger partial charge is 0.497 e. The number of aromatic nitrogens is 1. The Morgan fingerprint density at radius 3 is 2.71 bits per heavy atom. The number of hydrogen-bond donors (Lipinski definition) is 2. The summed E-state index contributed by atoms with van der Waals surface area (Å²) in [6.45, 7) is 4.14. The number of amides is 1. The first-order valence-electron chi connectivity index (χ1n) is 8.53. The number of carbonyl (C=O) groups is 2. The molecule has 1 aromatic heterocycles. The summed E-state index contributed by atoms with van der Waals surface area (Å²) < 4.78 is 5.26. The van der Waals surface area contributed by atoms with Crippen LogP contribution in [0.2, 0.25) is 0 Å². The van der Waals surface area contributed by atoms with E-state index in [2.05, 4.69) is 17.2 Å². The van der Waals surface area contributed by atoms with Crippen molar-refractivity contribution in [1.29, 1.82) is 0 Å². The molecule has 1 amide bonds. The van der Waals surface area contributed by atoms with Crippen molar-refractivity contribution < 1.29 is 14.3 Å². The quantitative estimate of drug-likeness (QED) is 0.545. The van der Waals surface area contributed by atoms with E-state index < -0.39 is 0 Å². The van der Waals surface area contributed by atoms with Crippen LogP contribution >= 0.6 is 0 Å². The van der Waals surface area contributed by atoms with Crippen LogP contribution in [0.3, 0.4) is 0 Å². The molecule has 2 rings (SSSR count). The molecule has 0 aliphatic heterocycles. The number of benzene rings is 1. The minimum atomic E-state index is -0.0627. The number of ketones is 1. The lowest BCUT2D eigenvalue weighted by atomic mass is 10.0. The number of fused-ring (bicyclic) bond motifs is 1. The number of H-pyrrole nitrogens is 1. The molecule has 0 aliphatic rings. The van der Waals surface area contributed by atoms with Crippen LogP contribution in [0, 0.1) is 0 Å². The Balaban J connectivity index is 2.31. The Kier molecular flexibility index (Phi) is 6.41. The van der Waals surface area contributed by atoms with Gasteiger partial charge in [-0.3, -0.25) is 9.59 Å². The van der Waals surface area contributed by atoms with Gasteiger partial charge in [-0.15, -0.1) is 0 Å². The summed E-state index contributed by atoms with van der Waals surface area (Å²) in [5.74, 6) is 0.825. The van der Waals surface area contributed by atoms with E-state index in [1.54, 1.807) is 7.11 Å². The van der Waals surface area contributed by atoms with E-state index in [-0.39, 0.29) is 11.7 Å². The molecule has 1 aromatic carbocycles. The fourth-order valence-corrected chi connectivity index (χ4v) is 2.88. The van der Waals surface area contributed by atoms with Crippen LogP contribution in [0.5, 0.6) is 5.75 Å². The normalized spacial score (nSPS) is 10.8. The van der Waals surface area contributed by atoms with Gasteiger partial charge in [0.05, 0.1) is 12.8 Å². The van der Waals surface area contributed by atoms with Crippen LogP contribution in [0.25, 0.3) is 10.9 Å². The number of nitrogens with one attached hydrogen (secondary N) is 2. The molecule has 1 heterocycles. The van der Waals surface area contributed by atoms with Crippen molar-refractivity contribution in [2.45, 2.75) is 46.0 Å². The van der Waals surface area contributed by atoms with Gasteiger partial charge in [-0.25, -0.2) is 0 Å². The molecule has 0 unspecified atom stereocenters. The monoisotopic (exact) mass is 330 g/mol. The Bertz CT molecular complexity index is 719. The highest BCUT2D eigenvalue weighted by atomic mass is 16.5. The third kappa shape index (κ3) is 4.37. The number of carbonyl (C=O) groups excluding carboxylic acids is 2. The minimum Gasteiger partial charge on any atom is -0.497 e. The number of aromatic amines is 1. The molecule has 5 heteroatoms. The van der Waals surface area contributed by atoms with Crippen LogP contribution in [0.15, 0.2) is 18.2 Å². The fraction of sp³-hybridized carbons (Fsp3) is 0.474. The molecule has 0 aliphatic carbocycles. The zero-order valence-electron chi connectivity index (χ0n) is 14.7. The number of hydrogen-bond acceptors (Lipinski definition) is 3. The number of unbranched alkanes of at least 4 members (excludes halogenated alkanes) is 2. The summed E-state index contributed by atoms with van der Waals surface area (Å²) in [6, 6.07) is 5.76. The highest BCUT2D eigenvalue weighted by Crippen LogP contribution is 2.27. The summed E-state index contributed by atoms with van der Waals surface area (Å²) in [7, 11) is 1.62. The first-order chi connectivity index (χ1) is 11.6. The fourth-order valence-electron chi connectivity index (χ4n) is 2.88. The topological polar surface area (TPSA) is 71.2 Å². The first kappa shape index (κ1) is 18.0. The van der Waals surface area contributed by atoms with Gasteiger partial charge in [0.15, 0.2) is 5.78 Å². The van der Waals surface area contributed by atoms with Gasteiger partial charge in [0, 0.05) is 36.9 Å². The van der Waals surface area contributed by atoms with E-state index in [4.69, 9.17) is 4.74 Å². The van der Waals surface area contributed by atoms with Crippen molar-refractivity contribution in [3.63, 3.8) is 0 Å². The molecule has 0 saturated carbocycles. The average Bonchev–Trinajstić information content (AvgIpc) is 2.92. The maximum Gasteiger partial charge on any atom is 0.216 e. The van der Waals surface area contributed by atoms with Crippen molar-refractivity contribution in [2.24, 2.45) is 0 Å². The van der Waals surface area contributed by atoms with Gasteiger partial charge in [-0.2, -0.15) is 0 Å². The molecule has 2 N–H and O–H groups in total. The number of ether oxygens (including phenoxy) is 1. The first-order valence-corrected chi connectivity index (χ1v) is 8.53. The van der Waals surface area contributed by atoms with Crippen LogP contribution in [-0.4, -0.2) is 30.3 Å². The summed E-state index contributed by atoms with van der Waals surface area (Å²) in [6.07, 6.45) is 4.22. The molecule has 5 nitrogen and oxygen atoms in total. The smallest absolute Gasteiger partial charge is 0.216 e. The average molecular weight is 330 g/mol. The van der Waals surface area contributed by atoms with Gasteiger partial charge in [-0.05, 0) is 30.5 Å². The lowest BCUT2D eigenvalue weighted by molar-refractivity contribution is -0.118. The van der Waals surface area contributed by atoms with E-state index in [9.17, 15) is 9.59 Å². The maximum atomic E-state index is 12.6. The molecule has 0 radical (unpaired) electrons. The Hall–Kier alpha value is -2.30. The second-order valence-electron chi connectivity index (χ2n) is 6.00. The van der Waals surface area contributed by atoms with Gasteiger partial charge in [0.1, 0.15) is 5.75 Å². The predicted octanol–water partition coefficient (Wildman–Crippen LogP) is 3.62. The molecule has 0 atom stereocenters. The lowest BCUT2D eigenvalue weighted by Crippen LogP contribution is -2.22. The molecule has 130 valence electrons. The molecular weight excluding hydrogens is 304 g/mol. The van der Waals surface area contributed by atoms with Gasteiger partial charge in [0.2, 0.25) is 5.91 Å². The molecular formula is C19H26N2O3. The van der Waals surface area contributed by atoms with Crippen LogP contribution in [0.1, 0.15) is 55.6 Å². The van der Waals surface area contributed by atoms with E-state index in [0.29, 0.717) is 25.1 Å². The van der Waals surface area contributed by atoms with E-state index in [0.717, 1.165) is 41.5 Å². The minimum absolute atomic E-state index is 0.0627. The Morgan fingerprint density at radius 2 is 2.04 bits per heavy atom. The van der Waals surface area contributed by atoms with Gasteiger partial charge < -0.3 is 15.0 Å². The number of methoxy groups -OCH3 is 1. The standard InChI is InChI=1S/C19H26N2O3/c1-4-5-6-7-18(23)19-16(10-11-20-13(2)22)15-9-8-14(24-3)12-17(15)21-19/h8-9,12,21H,4-7,10-11H2,1-3H3,(H,20,22). The summed E-state index contributed by atoms with van der Waals surface area (Å²) in [5.41, 5.74) is 2.54. The van der Waals surface area contributed by atoms with E-state index >= 15 is 0 Å². The van der Waals surface area contributed by atoms with Gasteiger partial charge in [-0.1, -0.05) is 19.8 Å². The number of rotatable bonds is 9. The number of Topliss-reactive ketones (excluding diaryl/α,β-unsaturated/α-hetero) is 1. The van der Waals surface area contributed by atoms with Crippen molar-refractivity contribution in [2.75, 3.05) is 13.7 Å². The summed E-state index contributed by atoms with van der Waals surface area (Å²) in [5, 5.41) is 3.81. The van der Waals surface area contributed by atoms with E-state index in [1.807, 2.05) is 18.2 Å². The molecule has 24 heavy (non-hydrogen) atoms. The molecule has 2 aromatic rings. The van der Waals surface area contributed by atoms with Crippen LogP contribution in [0.4, 0.5) is 0 Å². The zero-order chi connectivity index (χ0) is 17.5. The van der Waals surface area contributed by atoms with Gasteiger partial charge >= 0.3 is 0 Å². The zero-order valence-corrected chi connectivity index (χ0v) is 14.7. The van der Waals surface area contributed by atoms with Crippen molar-refractivity contribution in [3.8, 4) is 5.75 Å². The second kappa shape index (κ2) is 8.52.